The van der Waals surface area contributed by atoms with Crippen molar-refractivity contribution in [3.8, 4) is 0 Å². The molecule has 20 heavy (non-hydrogen) atoms. The lowest BCUT2D eigenvalue weighted by Crippen LogP contribution is -2.11. The van der Waals surface area contributed by atoms with Gasteiger partial charge in [0.05, 0.1) is 24.4 Å². The summed E-state index contributed by atoms with van der Waals surface area (Å²) in [5, 5.41) is 4.29. The Morgan fingerprint density at radius 3 is 2.65 bits per heavy atom. The van der Waals surface area contributed by atoms with Gasteiger partial charge in [0.2, 0.25) is 5.89 Å². The van der Waals surface area contributed by atoms with Crippen LogP contribution in [0, 0.1) is 27.7 Å². The Morgan fingerprint density at radius 1 is 1.35 bits per heavy atom. The first-order chi connectivity index (χ1) is 9.45. The highest BCUT2D eigenvalue weighted by Crippen LogP contribution is 2.10. The molecule has 0 aromatic carbocycles. The maximum absolute atomic E-state index is 11.7. The fourth-order valence-electron chi connectivity index (χ4n) is 1.91. The van der Waals surface area contributed by atoms with E-state index in [4.69, 9.17) is 9.15 Å². The van der Waals surface area contributed by atoms with Gasteiger partial charge < -0.3 is 9.15 Å². The van der Waals surface area contributed by atoms with Crippen molar-refractivity contribution in [2.75, 3.05) is 0 Å². The van der Waals surface area contributed by atoms with E-state index in [9.17, 15) is 4.79 Å². The van der Waals surface area contributed by atoms with Crippen molar-refractivity contribution in [2.45, 2.75) is 47.3 Å². The molecule has 0 N–H and O–H groups in total. The number of aromatic nitrogens is 3. The second-order valence-corrected chi connectivity index (χ2v) is 4.81. The number of carbonyl (C=O) groups excluding carboxylic acids is 1. The summed E-state index contributed by atoms with van der Waals surface area (Å²) in [7, 11) is 0. The molecule has 0 saturated carbocycles. The normalized spacial score (nSPS) is 10.8. The lowest BCUT2D eigenvalue weighted by atomic mass is 10.4. The summed E-state index contributed by atoms with van der Waals surface area (Å²) in [5.41, 5.74) is 2.80. The van der Waals surface area contributed by atoms with E-state index >= 15 is 0 Å². The van der Waals surface area contributed by atoms with Gasteiger partial charge >= 0.3 is 5.97 Å². The molecule has 2 aromatic rings. The molecule has 2 rings (SSSR count). The van der Waals surface area contributed by atoms with E-state index in [-0.39, 0.29) is 19.0 Å². The highest BCUT2D eigenvalue weighted by atomic mass is 16.5. The van der Waals surface area contributed by atoms with Crippen molar-refractivity contribution in [3.05, 3.63) is 34.8 Å². The molecule has 2 aromatic heterocycles. The quantitative estimate of drug-likeness (QED) is 0.784. The van der Waals surface area contributed by atoms with Crippen molar-refractivity contribution >= 4 is 5.97 Å². The first-order valence-corrected chi connectivity index (χ1v) is 6.55. The van der Waals surface area contributed by atoms with Gasteiger partial charge in [0.1, 0.15) is 5.76 Å². The van der Waals surface area contributed by atoms with Crippen LogP contribution >= 0.6 is 0 Å². The predicted octanol–water partition coefficient (Wildman–Crippen LogP) is 2.24. The maximum Gasteiger partial charge on any atom is 0.308 e. The number of esters is 1. The van der Waals surface area contributed by atoms with Crippen molar-refractivity contribution in [1.82, 2.24) is 14.8 Å². The molecule has 0 aliphatic heterocycles. The van der Waals surface area contributed by atoms with Crippen LogP contribution in [-0.2, 0) is 22.7 Å². The van der Waals surface area contributed by atoms with E-state index in [1.807, 2.05) is 33.8 Å². The van der Waals surface area contributed by atoms with Crippen molar-refractivity contribution in [3.63, 3.8) is 0 Å². The molecular formula is C14H19N3O3. The van der Waals surface area contributed by atoms with Gasteiger partial charge in [-0.05, 0) is 33.8 Å². The number of nitrogens with zero attached hydrogens (tertiary/aromatic N) is 3. The average Bonchev–Trinajstić information content (AvgIpc) is 2.87. The molecule has 0 unspecified atom stereocenters. The van der Waals surface area contributed by atoms with E-state index in [0.29, 0.717) is 12.4 Å². The topological polar surface area (TPSA) is 70.2 Å². The minimum absolute atomic E-state index is 0.0740. The van der Waals surface area contributed by atoms with Crippen molar-refractivity contribution in [2.24, 2.45) is 0 Å². The van der Waals surface area contributed by atoms with Crippen LogP contribution in [0.25, 0.3) is 0 Å². The van der Waals surface area contributed by atoms with E-state index < -0.39 is 0 Å². The van der Waals surface area contributed by atoms with E-state index in [2.05, 4.69) is 10.1 Å². The molecule has 0 fully saturated rings. The molecule has 0 atom stereocenters. The predicted molar refractivity (Wildman–Crippen MR) is 72.1 cm³/mol. The van der Waals surface area contributed by atoms with Crippen molar-refractivity contribution in [1.29, 1.82) is 0 Å². The first-order valence-electron chi connectivity index (χ1n) is 6.55. The molecule has 0 radical (unpaired) electrons. The smallest absolute Gasteiger partial charge is 0.308 e. The van der Waals surface area contributed by atoms with E-state index in [1.165, 1.54) is 0 Å². The summed E-state index contributed by atoms with van der Waals surface area (Å²) in [6.45, 7) is 8.16. The summed E-state index contributed by atoms with van der Waals surface area (Å²) >= 11 is 0. The van der Waals surface area contributed by atoms with Gasteiger partial charge in [0.25, 0.3) is 0 Å². The fraction of sp³-hybridized carbons (Fsp3) is 0.500. The largest absolute Gasteiger partial charge is 0.456 e. The van der Waals surface area contributed by atoms with Crippen LogP contribution in [0.3, 0.4) is 0 Å². The van der Waals surface area contributed by atoms with Crippen LogP contribution in [0.2, 0.25) is 0 Å². The second-order valence-electron chi connectivity index (χ2n) is 4.81. The highest BCUT2D eigenvalue weighted by molar-refractivity contribution is 5.69. The van der Waals surface area contributed by atoms with Crippen LogP contribution in [0.4, 0.5) is 0 Å². The number of rotatable bonds is 5. The maximum atomic E-state index is 11.7. The molecule has 108 valence electrons. The number of aryl methyl sites for hydroxylation is 5. The second kappa shape index (κ2) is 5.90. The van der Waals surface area contributed by atoms with Gasteiger partial charge in [-0.2, -0.15) is 5.10 Å². The van der Waals surface area contributed by atoms with Crippen LogP contribution in [-0.4, -0.2) is 20.7 Å². The molecule has 0 aliphatic rings. The van der Waals surface area contributed by atoms with Crippen LogP contribution in [0.15, 0.2) is 10.5 Å². The summed E-state index contributed by atoms with van der Waals surface area (Å²) in [5.74, 6) is 0.893. The van der Waals surface area contributed by atoms with Gasteiger partial charge in [-0.15, -0.1) is 0 Å². The molecule has 6 nitrogen and oxygen atoms in total. The summed E-state index contributed by atoms with van der Waals surface area (Å²) < 4.78 is 12.3. The Labute approximate surface area is 117 Å². The molecule has 0 spiro atoms. The van der Waals surface area contributed by atoms with Crippen LogP contribution in [0.1, 0.15) is 35.2 Å². The molecule has 0 amide bonds. The van der Waals surface area contributed by atoms with E-state index in [1.54, 1.807) is 4.68 Å². The number of carbonyl (C=O) groups is 1. The zero-order valence-corrected chi connectivity index (χ0v) is 12.3. The van der Waals surface area contributed by atoms with Crippen molar-refractivity contribution < 1.29 is 13.9 Å². The fourth-order valence-corrected chi connectivity index (χ4v) is 1.91. The van der Waals surface area contributed by atoms with Crippen LogP contribution < -0.4 is 0 Å². The first kappa shape index (κ1) is 14.3. The van der Waals surface area contributed by atoms with E-state index in [0.717, 1.165) is 22.8 Å². The minimum atomic E-state index is -0.286. The number of hydrogen-bond acceptors (Lipinski definition) is 5. The third-order valence-electron chi connectivity index (χ3n) is 3.06. The van der Waals surface area contributed by atoms with Crippen LogP contribution in [0.5, 0.6) is 0 Å². The third kappa shape index (κ3) is 3.46. The SMILES string of the molecule is Cc1cc(C)n(CCC(=O)OCc2nc(C)c(C)o2)n1. The van der Waals surface area contributed by atoms with Gasteiger partial charge in [-0.1, -0.05) is 0 Å². The number of hydrogen-bond donors (Lipinski definition) is 0. The summed E-state index contributed by atoms with van der Waals surface area (Å²) in [6, 6.07) is 1.98. The zero-order valence-electron chi connectivity index (χ0n) is 12.3. The zero-order chi connectivity index (χ0) is 14.7. The van der Waals surface area contributed by atoms with Gasteiger partial charge in [0, 0.05) is 5.69 Å². The Hall–Kier alpha value is -2.11. The average molecular weight is 277 g/mol. The monoisotopic (exact) mass is 277 g/mol. The molecule has 0 saturated heterocycles. The summed E-state index contributed by atoms with van der Waals surface area (Å²) in [4.78, 5) is 15.8. The highest BCUT2D eigenvalue weighted by Gasteiger charge is 2.10. The molecule has 0 aliphatic carbocycles. The van der Waals surface area contributed by atoms with Gasteiger partial charge in [-0.3, -0.25) is 9.48 Å². The number of oxazole rings is 1. The molecular weight excluding hydrogens is 258 g/mol. The van der Waals surface area contributed by atoms with Gasteiger partial charge in [-0.25, -0.2) is 4.98 Å². The minimum Gasteiger partial charge on any atom is -0.456 e. The Morgan fingerprint density at radius 2 is 2.10 bits per heavy atom. The third-order valence-corrected chi connectivity index (χ3v) is 3.06. The molecule has 2 heterocycles. The number of ether oxygens (including phenoxy) is 1. The summed E-state index contributed by atoms with van der Waals surface area (Å²) in [6.07, 6.45) is 0.278. The molecule has 6 heteroatoms. The Kier molecular flexibility index (Phi) is 4.22. The lowest BCUT2D eigenvalue weighted by Gasteiger charge is -2.04. The molecule has 0 bridgehead atoms. The lowest BCUT2D eigenvalue weighted by molar-refractivity contribution is -0.146. The van der Waals surface area contributed by atoms with Gasteiger partial charge in [0.15, 0.2) is 6.61 Å². The Bertz CT molecular complexity index is 594. The Balaban J connectivity index is 1.79. The standard InChI is InChI=1S/C14H19N3O3/c1-9-7-10(2)17(16-9)6-5-14(18)19-8-13-15-11(3)12(4)20-13/h7H,5-6,8H2,1-4H3.